The van der Waals surface area contributed by atoms with Crippen molar-refractivity contribution in [3.05, 3.63) is 23.6 Å². The Balaban J connectivity index is 1.34. The minimum absolute atomic E-state index is 0.252. The lowest BCUT2D eigenvalue weighted by Gasteiger charge is -2.29. The van der Waals surface area contributed by atoms with Crippen molar-refractivity contribution < 1.29 is 13.6 Å². The molecule has 2 aromatic rings. The predicted molar refractivity (Wildman–Crippen MR) is 112 cm³/mol. The number of alkyl halides is 2. The molecule has 0 unspecified atom stereocenters. The summed E-state index contributed by atoms with van der Waals surface area (Å²) in [5.74, 6) is -3.38. The van der Waals surface area contributed by atoms with E-state index in [1.54, 1.807) is 22.0 Å². The first-order chi connectivity index (χ1) is 14.5. The fourth-order valence-corrected chi connectivity index (χ4v) is 5.13. The molecule has 3 aliphatic rings. The number of likely N-dealkylation sites (tertiary alicyclic amines) is 1. The van der Waals surface area contributed by atoms with Crippen LogP contribution in [-0.4, -0.2) is 62.7 Å². The number of anilines is 3. The van der Waals surface area contributed by atoms with Gasteiger partial charge in [0.2, 0.25) is 11.9 Å². The second kappa shape index (κ2) is 6.51. The monoisotopic (exact) mass is 451 g/mol. The van der Waals surface area contributed by atoms with Gasteiger partial charge in [0.15, 0.2) is 5.82 Å². The molecule has 5 rings (SSSR count). The van der Waals surface area contributed by atoms with Gasteiger partial charge in [-0.3, -0.25) is 9.48 Å². The fraction of sp³-hybridized carbons (Fsp3) is 0.600. The molecule has 31 heavy (non-hydrogen) atoms. The summed E-state index contributed by atoms with van der Waals surface area (Å²) >= 11 is 6.43. The number of amides is 1. The maximum Gasteiger partial charge on any atom is 0.260 e. The van der Waals surface area contributed by atoms with Crippen LogP contribution in [0.3, 0.4) is 0 Å². The van der Waals surface area contributed by atoms with Crippen LogP contribution in [0, 0.1) is 16.7 Å². The number of halogens is 3. The number of hydrogen-bond acceptors (Lipinski definition) is 6. The van der Waals surface area contributed by atoms with E-state index in [0.29, 0.717) is 43.0 Å². The Morgan fingerprint density at radius 1 is 1.19 bits per heavy atom. The van der Waals surface area contributed by atoms with E-state index in [1.807, 2.05) is 13.2 Å². The maximum atomic E-state index is 13.4. The zero-order valence-electron chi connectivity index (χ0n) is 17.6. The van der Waals surface area contributed by atoms with Crippen LogP contribution in [0.2, 0.25) is 5.02 Å². The van der Waals surface area contributed by atoms with E-state index in [4.69, 9.17) is 11.6 Å². The number of fused-ring (bicyclic) bond motifs is 1. The van der Waals surface area contributed by atoms with E-state index in [-0.39, 0.29) is 17.3 Å². The van der Waals surface area contributed by atoms with Gasteiger partial charge in [0.1, 0.15) is 10.9 Å². The SMILES string of the molecule is Cn1cc(Nc2ncc(Cl)c(N3C[C@]4(C)CN(C(=O)[C@H]5CC5(F)F)C[C@]4(C)C3)n2)cn1. The van der Waals surface area contributed by atoms with Gasteiger partial charge < -0.3 is 15.1 Å². The summed E-state index contributed by atoms with van der Waals surface area (Å²) in [6.07, 6.45) is 4.72. The van der Waals surface area contributed by atoms with Gasteiger partial charge in [0, 0.05) is 56.7 Å². The Hall–Kier alpha value is -2.49. The molecule has 2 aliphatic heterocycles. The Kier molecular flexibility index (Phi) is 4.28. The molecular weight excluding hydrogens is 428 g/mol. The maximum absolute atomic E-state index is 13.4. The molecule has 4 heterocycles. The quantitative estimate of drug-likeness (QED) is 0.770. The number of hydrogen-bond donors (Lipinski definition) is 1. The van der Waals surface area contributed by atoms with Crippen molar-refractivity contribution in [2.24, 2.45) is 23.8 Å². The second-order valence-corrected chi connectivity index (χ2v) is 9.99. The van der Waals surface area contributed by atoms with Gasteiger partial charge in [-0.2, -0.15) is 10.1 Å². The van der Waals surface area contributed by atoms with Crippen LogP contribution in [0.15, 0.2) is 18.6 Å². The van der Waals surface area contributed by atoms with Crippen molar-refractivity contribution in [1.29, 1.82) is 0 Å². The van der Waals surface area contributed by atoms with Crippen molar-refractivity contribution in [2.75, 3.05) is 36.4 Å². The smallest absolute Gasteiger partial charge is 0.260 e. The summed E-state index contributed by atoms with van der Waals surface area (Å²) < 4.78 is 28.5. The number of carbonyl (C=O) groups excluding carboxylic acids is 1. The first kappa shape index (κ1) is 20.4. The molecule has 11 heteroatoms. The molecule has 1 amide bonds. The van der Waals surface area contributed by atoms with Crippen molar-refractivity contribution >= 4 is 35.0 Å². The fourth-order valence-electron chi connectivity index (χ4n) is 4.92. The highest BCUT2D eigenvalue weighted by Gasteiger charge is 2.65. The average molecular weight is 452 g/mol. The summed E-state index contributed by atoms with van der Waals surface area (Å²) in [4.78, 5) is 25.1. The molecule has 1 N–H and O–H groups in total. The third kappa shape index (κ3) is 3.31. The third-order valence-electron chi connectivity index (χ3n) is 7.04. The van der Waals surface area contributed by atoms with Gasteiger partial charge >= 0.3 is 0 Å². The van der Waals surface area contributed by atoms with Gasteiger partial charge in [-0.25, -0.2) is 13.8 Å². The van der Waals surface area contributed by atoms with Gasteiger partial charge in [-0.05, 0) is 0 Å². The van der Waals surface area contributed by atoms with Crippen LogP contribution in [0.1, 0.15) is 20.3 Å². The lowest BCUT2D eigenvalue weighted by atomic mass is 9.71. The molecule has 1 aliphatic carbocycles. The largest absolute Gasteiger partial charge is 0.354 e. The van der Waals surface area contributed by atoms with E-state index in [1.165, 1.54) is 0 Å². The van der Waals surface area contributed by atoms with Gasteiger partial charge in [0.25, 0.3) is 5.92 Å². The lowest BCUT2D eigenvalue weighted by molar-refractivity contribution is -0.134. The Morgan fingerprint density at radius 3 is 2.39 bits per heavy atom. The van der Waals surface area contributed by atoms with E-state index in [2.05, 4.69) is 39.1 Å². The summed E-state index contributed by atoms with van der Waals surface area (Å²) in [6.45, 7) is 6.36. The molecule has 8 nitrogen and oxygen atoms in total. The molecule has 3 atom stereocenters. The van der Waals surface area contributed by atoms with E-state index < -0.39 is 17.7 Å². The minimum Gasteiger partial charge on any atom is -0.354 e. The van der Waals surface area contributed by atoms with Crippen LogP contribution >= 0.6 is 11.6 Å². The van der Waals surface area contributed by atoms with Gasteiger partial charge in [-0.1, -0.05) is 25.4 Å². The molecule has 2 aromatic heterocycles. The van der Waals surface area contributed by atoms with Crippen LogP contribution in [0.5, 0.6) is 0 Å². The van der Waals surface area contributed by atoms with E-state index in [9.17, 15) is 13.6 Å². The van der Waals surface area contributed by atoms with Crippen molar-refractivity contribution in [1.82, 2.24) is 24.6 Å². The minimum atomic E-state index is -2.84. The normalized spacial score (nSPS) is 31.1. The topological polar surface area (TPSA) is 79.2 Å². The molecule has 0 radical (unpaired) electrons. The molecular formula is C20H24ClF2N7O. The zero-order chi connectivity index (χ0) is 22.2. The summed E-state index contributed by atoms with van der Waals surface area (Å²) in [5, 5.41) is 7.68. The van der Waals surface area contributed by atoms with Crippen LogP contribution in [0.25, 0.3) is 0 Å². The molecule has 166 valence electrons. The number of rotatable bonds is 4. The predicted octanol–water partition coefficient (Wildman–Crippen LogP) is 2.94. The highest BCUT2D eigenvalue weighted by Crippen LogP contribution is 2.55. The number of carbonyl (C=O) groups is 1. The second-order valence-electron chi connectivity index (χ2n) is 9.58. The summed E-state index contributed by atoms with van der Waals surface area (Å²) in [5.41, 5.74) is 0.259. The number of nitrogens with one attached hydrogen (secondary N) is 1. The highest BCUT2D eigenvalue weighted by molar-refractivity contribution is 6.32. The molecule has 1 saturated carbocycles. The number of aryl methyl sites for hydroxylation is 1. The van der Waals surface area contributed by atoms with Crippen LogP contribution in [-0.2, 0) is 11.8 Å². The number of nitrogens with zero attached hydrogens (tertiary/aromatic N) is 6. The molecule has 0 aromatic carbocycles. The molecule has 3 fully saturated rings. The highest BCUT2D eigenvalue weighted by atomic mass is 35.5. The van der Waals surface area contributed by atoms with E-state index >= 15 is 0 Å². The first-order valence-corrected chi connectivity index (χ1v) is 10.6. The molecule has 0 spiro atoms. The van der Waals surface area contributed by atoms with Gasteiger partial charge in [0.05, 0.1) is 18.1 Å². The van der Waals surface area contributed by atoms with Gasteiger partial charge in [-0.15, -0.1) is 0 Å². The Morgan fingerprint density at radius 2 is 1.84 bits per heavy atom. The summed E-state index contributed by atoms with van der Waals surface area (Å²) in [6, 6.07) is 0. The van der Waals surface area contributed by atoms with Crippen LogP contribution in [0.4, 0.5) is 26.2 Å². The summed E-state index contributed by atoms with van der Waals surface area (Å²) in [7, 11) is 1.82. The number of aromatic nitrogens is 4. The van der Waals surface area contributed by atoms with Crippen LogP contribution < -0.4 is 10.2 Å². The molecule has 0 bridgehead atoms. The zero-order valence-corrected chi connectivity index (χ0v) is 18.3. The Bertz CT molecular complexity index is 1040. The lowest BCUT2D eigenvalue weighted by Crippen LogP contribution is -2.37. The standard InChI is InChI=1S/C20H24ClF2N7O/c1-18-8-29(9-19(18,2)11-30(10-18)16(31)13-4-20(13,22)23)15-14(21)6-24-17(27-15)26-12-5-25-28(3)7-12/h5-7,13H,4,8-11H2,1-3H3,(H,24,26,27)/t13-,18-,19+/m1/s1. The average Bonchev–Trinajstić information content (AvgIpc) is 2.92. The van der Waals surface area contributed by atoms with E-state index in [0.717, 1.165) is 5.69 Å². The molecule has 2 saturated heterocycles. The third-order valence-corrected chi connectivity index (χ3v) is 7.30. The first-order valence-electron chi connectivity index (χ1n) is 10.2. The van der Waals surface area contributed by atoms with Crippen molar-refractivity contribution in [3.63, 3.8) is 0 Å². The van der Waals surface area contributed by atoms with Crippen molar-refractivity contribution in [2.45, 2.75) is 26.2 Å². The Labute approximate surface area is 183 Å². The van der Waals surface area contributed by atoms with Crippen molar-refractivity contribution in [3.8, 4) is 0 Å².